The fraction of sp³-hybridized carbons (Fsp3) is 0.250. The number of carbonyl (C=O) groups is 3. The molecular formula is C20H20ClNO5. The summed E-state index contributed by atoms with van der Waals surface area (Å²) >= 11 is 5.78. The average molecular weight is 390 g/mol. The van der Waals surface area contributed by atoms with E-state index in [0.717, 1.165) is 0 Å². The van der Waals surface area contributed by atoms with Gasteiger partial charge in [-0.3, -0.25) is 9.59 Å². The van der Waals surface area contributed by atoms with Crippen LogP contribution in [0.4, 0.5) is 5.69 Å². The highest BCUT2D eigenvalue weighted by atomic mass is 35.5. The Bertz CT molecular complexity index is 869. The minimum atomic E-state index is -0.850. The maximum atomic E-state index is 12.2. The number of amides is 1. The Labute approximate surface area is 162 Å². The highest BCUT2D eigenvalue weighted by Crippen LogP contribution is 2.22. The first-order valence-corrected chi connectivity index (χ1v) is 8.56. The number of ketones is 1. The van der Waals surface area contributed by atoms with Crippen LogP contribution in [0, 0.1) is 5.41 Å². The lowest BCUT2D eigenvalue weighted by Gasteiger charge is -2.17. The number of halogens is 1. The number of benzene rings is 2. The molecule has 7 heteroatoms. The van der Waals surface area contributed by atoms with Crippen molar-refractivity contribution in [3.63, 3.8) is 0 Å². The van der Waals surface area contributed by atoms with Gasteiger partial charge in [0.1, 0.15) is 11.3 Å². The van der Waals surface area contributed by atoms with Crippen LogP contribution in [0.2, 0.25) is 5.02 Å². The SMILES string of the molecule is CC(C)(C)C(=O)Nc1ccc(C(=O)COC(=O)c2cc(Cl)ccc2O)cc1. The van der Waals surface area contributed by atoms with Crippen molar-refractivity contribution in [1.82, 2.24) is 0 Å². The number of nitrogens with one attached hydrogen (secondary N) is 1. The van der Waals surface area contributed by atoms with Crippen LogP contribution >= 0.6 is 11.6 Å². The average Bonchev–Trinajstić information content (AvgIpc) is 2.61. The molecule has 0 spiro atoms. The third-order valence-electron chi connectivity index (χ3n) is 3.66. The van der Waals surface area contributed by atoms with Crippen LogP contribution in [-0.2, 0) is 9.53 Å². The lowest BCUT2D eigenvalue weighted by atomic mass is 9.95. The minimum Gasteiger partial charge on any atom is -0.507 e. The lowest BCUT2D eigenvalue weighted by molar-refractivity contribution is -0.123. The first kappa shape index (κ1) is 20.5. The van der Waals surface area contributed by atoms with E-state index in [9.17, 15) is 19.5 Å². The van der Waals surface area contributed by atoms with Crippen molar-refractivity contribution in [2.75, 3.05) is 11.9 Å². The molecule has 0 aromatic heterocycles. The van der Waals surface area contributed by atoms with Gasteiger partial charge in [-0.1, -0.05) is 32.4 Å². The largest absolute Gasteiger partial charge is 0.507 e. The van der Waals surface area contributed by atoms with E-state index in [0.29, 0.717) is 11.3 Å². The molecule has 2 aromatic rings. The van der Waals surface area contributed by atoms with E-state index in [1.54, 1.807) is 32.9 Å². The summed E-state index contributed by atoms with van der Waals surface area (Å²) in [5.41, 5.74) is 0.240. The highest BCUT2D eigenvalue weighted by Gasteiger charge is 2.21. The van der Waals surface area contributed by atoms with Crippen molar-refractivity contribution >= 4 is 34.9 Å². The van der Waals surface area contributed by atoms with Crippen molar-refractivity contribution in [2.24, 2.45) is 5.41 Å². The van der Waals surface area contributed by atoms with Crippen molar-refractivity contribution < 1.29 is 24.2 Å². The van der Waals surface area contributed by atoms with E-state index < -0.39 is 23.8 Å². The van der Waals surface area contributed by atoms with Crippen LogP contribution in [-0.4, -0.2) is 29.4 Å². The Morgan fingerprint density at radius 1 is 1.07 bits per heavy atom. The van der Waals surface area contributed by atoms with Gasteiger partial charge < -0.3 is 15.2 Å². The number of phenols is 1. The van der Waals surface area contributed by atoms with Gasteiger partial charge >= 0.3 is 5.97 Å². The van der Waals surface area contributed by atoms with Gasteiger partial charge in [-0.25, -0.2) is 4.79 Å². The smallest absolute Gasteiger partial charge is 0.342 e. The molecule has 0 saturated heterocycles. The van der Waals surface area contributed by atoms with E-state index >= 15 is 0 Å². The molecular weight excluding hydrogens is 370 g/mol. The summed E-state index contributed by atoms with van der Waals surface area (Å²) in [5, 5.41) is 12.7. The molecule has 0 heterocycles. The molecule has 6 nitrogen and oxygen atoms in total. The van der Waals surface area contributed by atoms with Crippen molar-refractivity contribution in [2.45, 2.75) is 20.8 Å². The first-order chi connectivity index (χ1) is 12.6. The van der Waals surface area contributed by atoms with Gasteiger partial charge in [0.2, 0.25) is 5.91 Å². The number of anilines is 1. The van der Waals surface area contributed by atoms with Gasteiger partial charge in [-0.05, 0) is 42.5 Å². The second-order valence-corrected chi connectivity index (χ2v) is 7.38. The zero-order valence-electron chi connectivity index (χ0n) is 15.2. The van der Waals surface area contributed by atoms with E-state index in [1.807, 2.05) is 0 Å². The topological polar surface area (TPSA) is 92.7 Å². The van der Waals surface area contributed by atoms with Gasteiger partial charge in [0.25, 0.3) is 0 Å². The number of carbonyl (C=O) groups excluding carboxylic acids is 3. The molecule has 2 aromatic carbocycles. The second-order valence-electron chi connectivity index (χ2n) is 6.94. The van der Waals surface area contributed by atoms with Crippen LogP contribution < -0.4 is 5.32 Å². The normalized spacial score (nSPS) is 11.0. The first-order valence-electron chi connectivity index (χ1n) is 8.18. The van der Waals surface area contributed by atoms with Crippen molar-refractivity contribution in [1.29, 1.82) is 0 Å². The Kier molecular flexibility index (Phi) is 6.23. The number of phenolic OH excluding ortho intramolecular Hbond substituents is 1. The summed E-state index contributed by atoms with van der Waals surface area (Å²) in [7, 11) is 0. The third-order valence-corrected chi connectivity index (χ3v) is 3.89. The van der Waals surface area contributed by atoms with E-state index in [1.165, 1.54) is 30.3 Å². The fourth-order valence-electron chi connectivity index (χ4n) is 2.02. The maximum Gasteiger partial charge on any atom is 0.342 e. The van der Waals surface area contributed by atoms with Gasteiger partial charge in [0.15, 0.2) is 12.4 Å². The molecule has 0 aliphatic heterocycles. The fourth-order valence-corrected chi connectivity index (χ4v) is 2.19. The summed E-state index contributed by atoms with van der Waals surface area (Å²) in [5.74, 6) is -1.69. The summed E-state index contributed by atoms with van der Waals surface area (Å²) in [6, 6.07) is 10.2. The number of ether oxygens (including phenoxy) is 1. The quantitative estimate of drug-likeness (QED) is 0.594. The molecule has 2 N–H and O–H groups in total. The third kappa shape index (κ3) is 5.56. The van der Waals surface area contributed by atoms with E-state index in [-0.39, 0.29) is 22.2 Å². The molecule has 0 aliphatic carbocycles. The summed E-state index contributed by atoms with van der Waals surface area (Å²) in [6.07, 6.45) is 0. The van der Waals surface area contributed by atoms with E-state index in [2.05, 4.69) is 5.32 Å². The maximum absolute atomic E-state index is 12.2. The minimum absolute atomic E-state index is 0.115. The molecule has 0 fully saturated rings. The monoisotopic (exact) mass is 389 g/mol. The molecule has 27 heavy (non-hydrogen) atoms. The zero-order valence-corrected chi connectivity index (χ0v) is 16.0. The van der Waals surface area contributed by atoms with Gasteiger partial charge in [-0.15, -0.1) is 0 Å². The number of aromatic hydroxyl groups is 1. The molecule has 0 unspecified atom stereocenters. The summed E-state index contributed by atoms with van der Waals surface area (Å²) < 4.78 is 4.94. The summed E-state index contributed by atoms with van der Waals surface area (Å²) in [6.45, 7) is 4.91. The van der Waals surface area contributed by atoms with Crippen LogP contribution in [0.25, 0.3) is 0 Å². The molecule has 0 aliphatic rings. The lowest BCUT2D eigenvalue weighted by Crippen LogP contribution is -2.27. The molecule has 1 amide bonds. The van der Waals surface area contributed by atoms with Crippen molar-refractivity contribution in [3.8, 4) is 5.75 Å². The van der Waals surface area contributed by atoms with E-state index in [4.69, 9.17) is 16.3 Å². The number of rotatable bonds is 5. The van der Waals surface area contributed by atoms with Crippen LogP contribution in [0.3, 0.4) is 0 Å². The molecule has 142 valence electrons. The van der Waals surface area contributed by atoms with Gasteiger partial charge in [0.05, 0.1) is 0 Å². The van der Waals surface area contributed by atoms with Crippen molar-refractivity contribution in [3.05, 3.63) is 58.6 Å². The Morgan fingerprint density at radius 3 is 2.30 bits per heavy atom. The van der Waals surface area contributed by atoms with Gasteiger partial charge in [-0.2, -0.15) is 0 Å². The Morgan fingerprint density at radius 2 is 1.70 bits per heavy atom. The predicted octanol–water partition coefficient (Wildman–Crippen LogP) is 4.07. The highest BCUT2D eigenvalue weighted by molar-refractivity contribution is 6.31. The zero-order chi connectivity index (χ0) is 20.2. The van der Waals surface area contributed by atoms with Crippen LogP contribution in [0.5, 0.6) is 5.75 Å². The Balaban J connectivity index is 1.97. The number of hydrogen-bond donors (Lipinski definition) is 2. The van der Waals surface area contributed by atoms with Crippen LogP contribution in [0.1, 0.15) is 41.5 Å². The Hall–Kier alpha value is -2.86. The molecule has 0 radical (unpaired) electrons. The predicted molar refractivity (Wildman–Crippen MR) is 102 cm³/mol. The molecule has 0 saturated carbocycles. The number of esters is 1. The second kappa shape index (κ2) is 8.22. The van der Waals surface area contributed by atoms with Gasteiger partial charge in [0, 0.05) is 21.7 Å². The number of Topliss-reactive ketones (excluding diaryl/α,β-unsaturated/α-hetero) is 1. The molecule has 2 rings (SSSR count). The molecule has 0 bridgehead atoms. The number of hydrogen-bond acceptors (Lipinski definition) is 5. The standard InChI is InChI=1S/C20H20ClNO5/c1-20(2,3)19(26)22-14-7-4-12(5-8-14)17(24)11-27-18(25)15-10-13(21)6-9-16(15)23/h4-10,23H,11H2,1-3H3,(H,22,26). The van der Waals surface area contributed by atoms with Crippen LogP contribution in [0.15, 0.2) is 42.5 Å². The summed E-state index contributed by atoms with van der Waals surface area (Å²) in [4.78, 5) is 36.1. The molecule has 0 atom stereocenters.